The van der Waals surface area contributed by atoms with Crippen LogP contribution >= 0.6 is 0 Å². The zero-order valence-electron chi connectivity index (χ0n) is 25.3. The first-order valence-electron chi connectivity index (χ1n) is 17.0. The fraction of sp³-hybridized carbons (Fsp3) is 0.632. The lowest BCUT2D eigenvalue weighted by atomic mass is 9.55. The third-order valence-corrected chi connectivity index (χ3v) is 14.1. The smallest absolute Gasteiger partial charge is 0.454 e. The number of carbonyl (C=O) groups is 2. The molecule has 224 valence electrons. The molecule has 0 aromatic heterocycles. The van der Waals surface area contributed by atoms with E-state index in [1.807, 2.05) is 63.2 Å². The van der Waals surface area contributed by atoms with Gasteiger partial charge >= 0.3 is 12.1 Å². The van der Waals surface area contributed by atoms with E-state index in [0.717, 1.165) is 76.4 Å². The molecule has 0 N–H and O–H groups in total. The van der Waals surface area contributed by atoms with Crippen LogP contribution in [0.25, 0.3) is 10.8 Å². The Bertz CT molecular complexity index is 1560. The standard InChI is InChI=1S/C38H42O5/c1-38(2,3)43-37(40)42-35-27-16-26(34(35)41-36(39)21-10-6-8-17-7-4-5-9-20(17)21)32-24-15-25(33(27)32)31-23-14-22(30(24)31)28-18-11-12-19(13-18)29(23)28/h4-12,18-19,22-35H,13-16H2,1-3H3. The molecule has 0 heterocycles. The van der Waals surface area contributed by atoms with Crippen LogP contribution in [0, 0.1) is 82.9 Å². The number of fused-ring (bicyclic) bond motifs is 24. The van der Waals surface area contributed by atoms with E-state index in [9.17, 15) is 9.59 Å². The molecule has 0 saturated heterocycles. The molecule has 0 aliphatic heterocycles. The van der Waals surface area contributed by atoms with Gasteiger partial charge in [-0.3, -0.25) is 0 Å². The molecule has 16 unspecified atom stereocenters. The number of rotatable bonds is 3. The predicted molar refractivity (Wildman–Crippen MR) is 161 cm³/mol. The number of benzene rings is 2. The number of ether oxygens (including phenoxy) is 3. The van der Waals surface area contributed by atoms with E-state index < -0.39 is 24.0 Å². The maximum absolute atomic E-state index is 13.9. The highest BCUT2D eigenvalue weighted by molar-refractivity contribution is 6.04. The van der Waals surface area contributed by atoms with E-state index in [-0.39, 0.29) is 17.8 Å². The molecule has 5 heteroatoms. The van der Waals surface area contributed by atoms with Gasteiger partial charge in [0.25, 0.3) is 0 Å². The SMILES string of the molecule is CC(C)(C)OC(=O)OC1C2CC(C1OC(=O)c1cccc3ccccc13)C1C3CC(C21)C1C2CC(C4C5C=CC(C5)C24)C31. The fourth-order valence-electron chi connectivity index (χ4n) is 13.7. The van der Waals surface area contributed by atoms with Crippen LogP contribution in [-0.4, -0.2) is 29.9 Å². The molecular formula is C38H42O5. The zero-order chi connectivity index (χ0) is 28.9. The Labute approximate surface area is 253 Å². The zero-order valence-corrected chi connectivity index (χ0v) is 25.3. The van der Waals surface area contributed by atoms with E-state index in [4.69, 9.17) is 14.2 Å². The molecule has 0 spiro atoms. The molecule has 16 atom stereocenters. The van der Waals surface area contributed by atoms with Gasteiger partial charge in [-0.05, 0) is 134 Å². The van der Waals surface area contributed by atoms with E-state index in [1.54, 1.807) is 0 Å². The summed E-state index contributed by atoms with van der Waals surface area (Å²) in [5.41, 5.74) is -0.0502. The molecule has 0 radical (unpaired) electrons. The van der Waals surface area contributed by atoms with Crippen LogP contribution in [-0.2, 0) is 14.2 Å². The van der Waals surface area contributed by atoms with Gasteiger partial charge in [0.2, 0.25) is 0 Å². The van der Waals surface area contributed by atoms with Crippen molar-refractivity contribution in [1.29, 1.82) is 0 Å². The van der Waals surface area contributed by atoms with Crippen LogP contribution in [0.2, 0.25) is 0 Å². The Morgan fingerprint density at radius 3 is 1.81 bits per heavy atom. The van der Waals surface area contributed by atoms with Crippen molar-refractivity contribution in [2.75, 3.05) is 0 Å². The molecule has 8 aliphatic rings. The van der Waals surface area contributed by atoms with Crippen molar-refractivity contribution in [2.24, 2.45) is 82.9 Å². The Morgan fingerprint density at radius 2 is 1.16 bits per heavy atom. The van der Waals surface area contributed by atoms with Crippen molar-refractivity contribution in [2.45, 2.75) is 64.3 Å². The van der Waals surface area contributed by atoms with Crippen LogP contribution < -0.4 is 0 Å². The Balaban J connectivity index is 0.979. The van der Waals surface area contributed by atoms with Gasteiger partial charge in [-0.1, -0.05) is 48.6 Å². The Hall–Kier alpha value is -2.82. The number of hydrogen-bond acceptors (Lipinski definition) is 5. The average molecular weight is 579 g/mol. The minimum Gasteiger partial charge on any atom is -0.454 e. The topological polar surface area (TPSA) is 61.8 Å². The van der Waals surface area contributed by atoms with Crippen LogP contribution in [0.4, 0.5) is 4.79 Å². The number of allylic oxidation sites excluding steroid dienone is 2. The Morgan fingerprint density at radius 1 is 0.628 bits per heavy atom. The summed E-state index contributed by atoms with van der Waals surface area (Å²) in [5.74, 6) is 9.94. The molecule has 7 fully saturated rings. The van der Waals surface area contributed by atoms with Crippen molar-refractivity contribution in [3.05, 3.63) is 60.2 Å². The van der Waals surface area contributed by atoms with Gasteiger partial charge in [-0.15, -0.1) is 0 Å². The van der Waals surface area contributed by atoms with Crippen LogP contribution in [0.15, 0.2) is 54.6 Å². The second-order valence-corrected chi connectivity index (χ2v) is 16.5. The molecule has 8 aliphatic carbocycles. The first-order valence-corrected chi connectivity index (χ1v) is 17.0. The summed E-state index contributed by atoms with van der Waals surface area (Å²) in [7, 11) is 0. The van der Waals surface area contributed by atoms with Crippen molar-refractivity contribution in [3.8, 4) is 0 Å². The van der Waals surface area contributed by atoms with Gasteiger partial charge < -0.3 is 14.2 Å². The maximum Gasteiger partial charge on any atom is 0.509 e. The first-order chi connectivity index (χ1) is 20.8. The molecule has 0 amide bonds. The highest BCUT2D eigenvalue weighted by atomic mass is 16.7. The van der Waals surface area contributed by atoms with Crippen molar-refractivity contribution < 1.29 is 23.8 Å². The average Bonchev–Trinajstić information content (AvgIpc) is 3.82. The maximum atomic E-state index is 13.9. The van der Waals surface area contributed by atoms with Gasteiger partial charge in [0, 0.05) is 11.8 Å². The van der Waals surface area contributed by atoms with Crippen molar-refractivity contribution in [3.63, 3.8) is 0 Å². The van der Waals surface area contributed by atoms with Gasteiger partial charge in [-0.25, -0.2) is 9.59 Å². The lowest BCUT2D eigenvalue weighted by molar-refractivity contribution is -0.123. The first kappa shape index (κ1) is 25.5. The Kier molecular flexibility index (Phi) is 5.02. The minimum atomic E-state index is -0.638. The number of hydrogen-bond donors (Lipinski definition) is 0. The van der Waals surface area contributed by atoms with Gasteiger partial charge in [0.15, 0.2) is 0 Å². The summed E-state index contributed by atoms with van der Waals surface area (Å²) in [4.78, 5) is 27.0. The van der Waals surface area contributed by atoms with Gasteiger partial charge in [0.1, 0.15) is 17.8 Å². The highest BCUT2D eigenvalue weighted by Crippen LogP contribution is 2.81. The minimum absolute atomic E-state index is 0.249. The monoisotopic (exact) mass is 578 g/mol. The molecule has 2 aromatic carbocycles. The van der Waals surface area contributed by atoms with E-state index in [1.165, 1.54) is 19.3 Å². The summed E-state index contributed by atoms with van der Waals surface area (Å²) in [5, 5.41) is 1.93. The molecule has 5 nitrogen and oxygen atoms in total. The summed E-state index contributed by atoms with van der Waals surface area (Å²) in [6, 6.07) is 13.8. The summed E-state index contributed by atoms with van der Waals surface area (Å²) in [6.45, 7) is 5.60. The summed E-state index contributed by atoms with van der Waals surface area (Å²) < 4.78 is 18.4. The van der Waals surface area contributed by atoms with Crippen LogP contribution in [0.1, 0.15) is 56.8 Å². The van der Waals surface area contributed by atoms with Crippen molar-refractivity contribution >= 4 is 22.9 Å². The second kappa shape index (κ2) is 8.46. The molecule has 10 rings (SSSR count). The molecular weight excluding hydrogens is 536 g/mol. The van der Waals surface area contributed by atoms with Gasteiger partial charge in [0.05, 0.1) is 5.56 Å². The summed E-state index contributed by atoms with van der Waals surface area (Å²) in [6.07, 6.45) is 8.85. The van der Waals surface area contributed by atoms with Crippen molar-refractivity contribution in [1.82, 2.24) is 0 Å². The normalized spacial score (nSPS) is 48.5. The molecule has 43 heavy (non-hydrogen) atoms. The lowest BCUT2D eigenvalue weighted by Gasteiger charge is -2.51. The number of carbonyl (C=O) groups excluding carboxylic acids is 2. The largest absolute Gasteiger partial charge is 0.509 e. The van der Waals surface area contributed by atoms with Gasteiger partial charge in [-0.2, -0.15) is 0 Å². The number of esters is 1. The van der Waals surface area contributed by atoms with Crippen LogP contribution in [0.5, 0.6) is 0 Å². The quantitative estimate of drug-likeness (QED) is 0.214. The predicted octanol–water partition coefficient (Wildman–Crippen LogP) is 7.54. The van der Waals surface area contributed by atoms with E-state index >= 15 is 0 Å². The third-order valence-electron chi connectivity index (χ3n) is 14.1. The molecule has 2 aromatic rings. The molecule has 7 saturated carbocycles. The van der Waals surface area contributed by atoms with E-state index in [0.29, 0.717) is 17.4 Å². The van der Waals surface area contributed by atoms with Crippen LogP contribution in [0.3, 0.4) is 0 Å². The van der Waals surface area contributed by atoms with E-state index in [2.05, 4.69) is 12.2 Å². The lowest BCUT2D eigenvalue weighted by Crippen LogP contribution is -2.53. The highest BCUT2D eigenvalue weighted by Gasteiger charge is 2.77. The molecule has 8 bridgehead atoms. The third kappa shape index (κ3) is 3.30. The summed E-state index contributed by atoms with van der Waals surface area (Å²) >= 11 is 0. The fourth-order valence-corrected chi connectivity index (χ4v) is 13.7. The second-order valence-electron chi connectivity index (χ2n) is 16.5.